The maximum Gasteiger partial charge on any atom is 0.298 e. The predicted molar refractivity (Wildman–Crippen MR) is 92.2 cm³/mol. The summed E-state index contributed by atoms with van der Waals surface area (Å²) in [6.07, 6.45) is 3.16. The first kappa shape index (κ1) is 15.9. The van der Waals surface area contributed by atoms with Gasteiger partial charge in [0.15, 0.2) is 5.58 Å². The van der Waals surface area contributed by atoms with Crippen LogP contribution in [0.3, 0.4) is 0 Å². The van der Waals surface area contributed by atoms with Gasteiger partial charge < -0.3 is 14.6 Å². The average molecular weight is 361 g/mol. The number of amides is 1. The molecule has 0 saturated carbocycles. The van der Waals surface area contributed by atoms with Crippen molar-refractivity contribution in [1.82, 2.24) is 25.5 Å². The largest absolute Gasteiger partial charge is 0.423 e. The molecule has 1 aromatic carbocycles. The summed E-state index contributed by atoms with van der Waals surface area (Å²) in [4.78, 5) is 22.9. The zero-order valence-electron chi connectivity index (χ0n) is 13.4. The summed E-state index contributed by atoms with van der Waals surface area (Å²) in [5.41, 5.74) is 1.41. The van der Waals surface area contributed by atoms with E-state index >= 15 is 0 Å². The van der Waals surface area contributed by atoms with E-state index in [0.717, 1.165) is 24.9 Å². The van der Waals surface area contributed by atoms with Crippen LogP contribution in [0.2, 0.25) is 5.02 Å². The molecular formula is C16H17ClN6O2. The molecule has 1 aliphatic rings. The van der Waals surface area contributed by atoms with Crippen molar-refractivity contribution in [2.24, 2.45) is 5.92 Å². The molecule has 0 bridgehead atoms. The van der Waals surface area contributed by atoms with Gasteiger partial charge in [0.1, 0.15) is 17.7 Å². The van der Waals surface area contributed by atoms with Crippen molar-refractivity contribution >= 4 is 34.6 Å². The highest BCUT2D eigenvalue weighted by Crippen LogP contribution is 2.28. The van der Waals surface area contributed by atoms with Gasteiger partial charge in [-0.05, 0) is 31.0 Å². The van der Waals surface area contributed by atoms with Crippen molar-refractivity contribution < 1.29 is 9.21 Å². The molecule has 1 amide bonds. The van der Waals surface area contributed by atoms with Crippen molar-refractivity contribution in [3.8, 4) is 0 Å². The highest BCUT2D eigenvalue weighted by atomic mass is 35.5. The van der Waals surface area contributed by atoms with Crippen molar-refractivity contribution in [2.75, 3.05) is 18.0 Å². The first-order valence-electron chi connectivity index (χ1n) is 8.12. The molecule has 9 heteroatoms. The fourth-order valence-electron chi connectivity index (χ4n) is 3.02. The van der Waals surface area contributed by atoms with E-state index in [1.807, 2.05) is 4.90 Å². The molecule has 3 aromatic rings. The molecule has 25 heavy (non-hydrogen) atoms. The van der Waals surface area contributed by atoms with Gasteiger partial charge in [0, 0.05) is 18.1 Å². The van der Waals surface area contributed by atoms with E-state index in [1.54, 1.807) is 18.2 Å². The van der Waals surface area contributed by atoms with E-state index in [0.29, 0.717) is 35.5 Å². The second kappa shape index (κ2) is 6.72. The normalized spacial score (nSPS) is 17.8. The average Bonchev–Trinajstić information content (AvgIpc) is 3.28. The number of piperidine rings is 1. The monoisotopic (exact) mass is 360 g/mol. The van der Waals surface area contributed by atoms with E-state index in [2.05, 4.69) is 25.5 Å². The number of anilines is 1. The van der Waals surface area contributed by atoms with Gasteiger partial charge in [0.25, 0.3) is 6.01 Å². The number of benzene rings is 1. The fraction of sp³-hybridized carbons (Fsp3) is 0.375. The predicted octanol–water partition coefficient (Wildman–Crippen LogP) is 2.13. The van der Waals surface area contributed by atoms with Crippen LogP contribution in [-0.2, 0) is 11.3 Å². The van der Waals surface area contributed by atoms with E-state index in [4.69, 9.17) is 16.0 Å². The lowest BCUT2D eigenvalue weighted by molar-refractivity contribution is -0.125. The number of nitrogens with zero attached hydrogens (tertiary/aromatic N) is 4. The summed E-state index contributed by atoms with van der Waals surface area (Å²) in [6.45, 7) is 1.73. The summed E-state index contributed by atoms with van der Waals surface area (Å²) in [5.74, 6) is 0.521. The highest BCUT2D eigenvalue weighted by molar-refractivity contribution is 6.31. The van der Waals surface area contributed by atoms with Gasteiger partial charge in [-0.1, -0.05) is 11.6 Å². The third-order valence-electron chi connectivity index (χ3n) is 4.30. The van der Waals surface area contributed by atoms with E-state index < -0.39 is 0 Å². The van der Waals surface area contributed by atoms with Crippen molar-refractivity contribution in [2.45, 2.75) is 19.4 Å². The minimum absolute atomic E-state index is 0.000237. The van der Waals surface area contributed by atoms with Gasteiger partial charge in [0.2, 0.25) is 5.91 Å². The number of fused-ring (bicyclic) bond motifs is 1. The van der Waals surface area contributed by atoms with Crippen LogP contribution < -0.4 is 10.2 Å². The smallest absolute Gasteiger partial charge is 0.298 e. The molecule has 0 spiro atoms. The molecule has 8 nitrogen and oxygen atoms in total. The Morgan fingerprint density at radius 1 is 1.48 bits per heavy atom. The lowest BCUT2D eigenvalue weighted by atomic mass is 9.97. The Morgan fingerprint density at radius 2 is 2.40 bits per heavy atom. The van der Waals surface area contributed by atoms with Crippen LogP contribution in [0.1, 0.15) is 18.7 Å². The van der Waals surface area contributed by atoms with Crippen LogP contribution in [0, 0.1) is 5.92 Å². The molecule has 2 N–H and O–H groups in total. The SMILES string of the molecule is O=C(NCc1ncn[nH]1)C1CCCN(c2nc3cc(Cl)ccc3o2)C1. The zero-order valence-corrected chi connectivity index (χ0v) is 14.2. The van der Waals surface area contributed by atoms with Crippen LogP contribution in [0.15, 0.2) is 28.9 Å². The minimum atomic E-state index is -0.115. The van der Waals surface area contributed by atoms with Gasteiger partial charge in [0.05, 0.1) is 12.5 Å². The van der Waals surface area contributed by atoms with Gasteiger partial charge >= 0.3 is 0 Å². The summed E-state index contributed by atoms with van der Waals surface area (Å²) < 4.78 is 5.81. The van der Waals surface area contributed by atoms with Gasteiger partial charge in [-0.3, -0.25) is 9.89 Å². The lowest BCUT2D eigenvalue weighted by Crippen LogP contribution is -2.43. The van der Waals surface area contributed by atoms with Crippen LogP contribution in [0.4, 0.5) is 6.01 Å². The number of carbonyl (C=O) groups is 1. The van der Waals surface area contributed by atoms with Gasteiger partial charge in [-0.15, -0.1) is 0 Å². The second-order valence-corrected chi connectivity index (χ2v) is 6.48. The summed E-state index contributed by atoms with van der Waals surface area (Å²) in [7, 11) is 0. The molecule has 4 rings (SSSR count). The molecule has 1 aliphatic heterocycles. The Labute approximate surface area is 148 Å². The number of hydrogen-bond donors (Lipinski definition) is 2. The van der Waals surface area contributed by atoms with Crippen molar-refractivity contribution in [3.05, 3.63) is 35.4 Å². The molecule has 1 atom stereocenters. The maximum absolute atomic E-state index is 12.4. The number of nitrogens with one attached hydrogen (secondary N) is 2. The number of H-pyrrole nitrogens is 1. The number of oxazole rings is 1. The van der Waals surface area contributed by atoms with Gasteiger partial charge in [-0.25, -0.2) is 4.98 Å². The summed E-state index contributed by atoms with van der Waals surface area (Å²) in [6, 6.07) is 5.88. The van der Waals surface area contributed by atoms with Crippen molar-refractivity contribution in [3.63, 3.8) is 0 Å². The van der Waals surface area contributed by atoms with E-state index in [9.17, 15) is 4.79 Å². The molecular weight excluding hydrogens is 344 g/mol. The number of carbonyl (C=O) groups excluding carboxylic acids is 1. The molecule has 130 valence electrons. The number of aromatic amines is 1. The first-order chi connectivity index (χ1) is 12.2. The Balaban J connectivity index is 1.43. The van der Waals surface area contributed by atoms with Crippen molar-refractivity contribution in [1.29, 1.82) is 0 Å². The zero-order chi connectivity index (χ0) is 17.2. The quantitative estimate of drug-likeness (QED) is 0.739. The standard InChI is InChI=1S/C16H17ClN6O2/c17-11-3-4-13-12(6-11)21-16(25-13)23-5-1-2-10(8-23)15(24)18-7-14-19-9-20-22-14/h3-4,6,9-10H,1-2,5,7-8H2,(H,18,24)(H,19,20,22). The van der Waals surface area contributed by atoms with Crippen LogP contribution in [0.25, 0.3) is 11.1 Å². The lowest BCUT2D eigenvalue weighted by Gasteiger charge is -2.30. The number of hydrogen-bond acceptors (Lipinski definition) is 6. The first-order valence-corrected chi connectivity index (χ1v) is 8.50. The third-order valence-corrected chi connectivity index (χ3v) is 4.53. The Hall–Kier alpha value is -2.61. The summed E-state index contributed by atoms with van der Waals surface area (Å²) >= 11 is 6.00. The topological polar surface area (TPSA) is 99.9 Å². The fourth-order valence-corrected chi connectivity index (χ4v) is 3.19. The molecule has 3 heterocycles. The van der Waals surface area contributed by atoms with Gasteiger partial charge in [-0.2, -0.15) is 10.1 Å². The molecule has 2 aromatic heterocycles. The van der Waals surface area contributed by atoms with E-state index in [-0.39, 0.29) is 11.8 Å². The van der Waals surface area contributed by atoms with Crippen LogP contribution >= 0.6 is 11.6 Å². The molecule has 0 radical (unpaired) electrons. The third kappa shape index (κ3) is 3.43. The van der Waals surface area contributed by atoms with Crippen LogP contribution in [0.5, 0.6) is 0 Å². The number of aromatic nitrogens is 4. The Kier molecular flexibility index (Phi) is 4.27. The number of halogens is 1. The molecule has 0 aliphatic carbocycles. The highest BCUT2D eigenvalue weighted by Gasteiger charge is 2.28. The Morgan fingerprint density at radius 3 is 3.24 bits per heavy atom. The van der Waals surface area contributed by atoms with E-state index in [1.165, 1.54) is 6.33 Å². The number of rotatable bonds is 4. The minimum Gasteiger partial charge on any atom is -0.423 e. The second-order valence-electron chi connectivity index (χ2n) is 6.04. The summed E-state index contributed by atoms with van der Waals surface area (Å²) in [5, 5.41) is 10.0. The molecule has 1 fully saturated rings. The molecule has 1 saturated heterocycles. The maximum atomic E-state index is 12.4. The van der Waals surface area contributed by atoms with Crippen LogP contribution in [-0.4, -0.2) is 39.2 Å². The Bertz CT molecular complexity index is 878. The molecule has 1 unspecified atom stereocenters.